The van der Waals surface area contributed by atoms with Gasteiger partial charge in [-0.05, 0) is 0 Å². The van der Waals surface area contributed by atoms with Crippen molar-refractivity contribution in [2.24, 2.45) is 0 Å². The summed E-state index contributed by atoms with van der Waals surface area (Å²) in [7, 11) is 0. The summed E-state index contributed by atoms with van der Waals surface area (Å²) >= 11 is 0. The van der Waals surface area contributed by atoms with Crippen LogP contribution >= 0.6 is 0 Å². The fourth-order valence-electron chi connectivity index (χ4n) is 1.90. The van der Waals surface area contributed by atoms with E-state index in [9.17, 15) is 19.5 Å². The van der Waals surface area contributed by atoms with Crippen molar-refractivity contribution in [3.63, 3.8) is 0 Å². The van der Waals surface area contributed by atoms with E-state index in [1.807, 2.05) is 4.98 Å². The zero-order valence-corrected chi connectivity index (χ0v) is 9.65. The number of hydrogen-bond donors (Lipinski definition) is 4. The largest absolute Gasteiger partial charge is 0.477 e. The van der Waals surface area contributed by atoms with Crippen molar-refractivity contribution >= 4 is 5.97 Å². The van der Waals surface area contributed by atoms with Crippen LogP contribution in [0.5, 0.6) is 0 Å². The van der Waals surface area contributed by atoms with Crippen molar-refractivity contribution in [1.29, 1.82) is 0 Å². The molecule has 104 valence electrons. The van der Waals surface area contributed by atoms with Gasteiger partial charge in [0.1, 0.15) is 17.9 Å². The third-order valence-electron chi connectivity index (χ3n) is 2.89. The zero-order valence-electron chi connectivity index (χ0n) is 9.65. The van der Waals surface area contributed by atoms with Crippen molar-refractivity contribution in [3.05, 3.63) is 32.6 Å². The zero-order chi connectivity index (χ0) is 14.2. The van der Waals surface area contributed by atoms with Gasteiger partial charge in [0.25, 0.3) is 5.56 Å². The summed E-state index contributed by atoms with van der Waals surface area (Å²) in [4.78, 5) is 35.5. The first-order valence-corrected chi connectivity index (χ1v) is 5.47. The molecule has 1 fully saturated rings. The molecule has 0 aliphatic carbocycles. The minimum Gasteiger partial charge on any atom is -0.477 e. The van der Waals surface area contributed by atoms with Crippen LogP contribution in [-0.2, 0) is 4.74 Å². The fraction of sp³-hybridized carbons (Fsp3) is 0.500. The second kappa shape index (κ2) is 4.96. The molecule has 0 saturated carbocycles. The van der Waals surface area contributed by atoms with Crippen molar-refractivity contribution in [2.75, 3.05) is 6.61 Å². The Morgan fingerprint density at radius 3 is 2.74 bits per heavy atom. The standard InChI is InChI=1S/C10H12N2O7/c13-3-6-5(14)1-7(19-6)12-2-4(9(16)17)8(15)11-10(12)18/h2,5-7,13-14H,1,3H2,(H,16,17)(H,11,15,18)/t5?,6-,7?/m1/s1. The van der Waals surface area contributed by atoms with E-state index in [1.165, 1.54) is 0 Å². The number of hydrogen-bond acceptors (Lipinski definition) is 6. The average Bonchev–Trinajstić information content (AvgIpc) is 2.69. The van der Waals surface area contributed by atoms with E-state index < -0.39 is 47.8 Å². The molecule has 0 radical (unpaired) electrons. The number of carboxylic acids is 1. The summed E-state index contributed by atoms with van der Waals surface area (Å²) in [5, 5.41) is 27.3. The maximum absolute atomic E-state index is 11.6. The molecule has 9 nitrogen and oxygen atoms in total. The predicted molar refractivity (Wildman–Crippen MR) is 59.9 cm³/mol. The maximum Gasteiger partial charge on any atom is 0.342 e. The summed E-state index contributed by atoms with van der Waals surface area (Å²) < 4.78 is 6.09. The summed E-state index contributed by atoms with van der Waals surface area (Å²) in [6.07, 6.45) is -1.88. The number of carbonyl (C=O) groups is 1. The highest BCUT2D eigenvalue weighted by Crippen LogP contribution is 2.27. The molecule has 4 N–H and O–H groups in total. The fourth-order valence-corrected chi connectivity index (χ4v) is 1.90. The van der Waals surface area contributed by atoms with Crippen LogP contribution in [0.25, 0.3) is 0 Å². The molecule has 1 aromatic heterocycles. The summed E-state index contributed by atoms with van der Waals surface area (Å²) in [5.74, 6) is -1.48. The van der Waals surface area contributed by atoms with Crippen molar-refractivity contribution in [1.82, 2.24) is 9.55 Å². The smallest absolute Gasteiger partial charge is 0.342 e. The third kappa shape index (κ3) is 2.43. The van der Waals surface area contributed by atoms with Crippen LogP contribution in [0.4, 0.5) is 0 Å². The van der Waals surface area contributed by atoms with Crippen LogP contribution in [0, 0.1) is 0 Å². The molecule has 2 heterocycles. The molecular formula is C10H12N2O7. The van der Waals surface area contributed by atoms with Gasteiger partial charge in [0.05, 0.1) is 12.7 Å². The molecule has 2 rings (SSSR count). The van der Waals surface area contributed by atoms with Crippen LogP contribution in [0.15, 0.2) is 15.8 Å². The molecular weight excluding hydrogens is 260 g/mol. The number of carboxylic acid groups (broad SMARTS) is 1. The lowest BCUT2D eigenvalue weighted by Gasteiger charge is -2.14. The average molecular weight is 272 g/mol. The second-order valence-electron chi connectivity index (χ2n) is 4.13. The molecule has 3 atom stereocenters. The second-order valence-corrected chi connectivity index (χ2v) is 4.13. The first kappa shape index (κ1) is 13.5. The first-order valence-electron chi connectivity index (χ1n) is 5.47. The predicted octanol–water partition coefficient (Wildman–Crippen LogP) is -2.12. The first-order chi connectivity index (χ1) is 8.93. The molecule has 9 heteroatoms. The monoisotopic (exact) mass is 272 g/mol. The van der Waals surface area contributed by atoms with Crippen molar-refractivity contribution in [3.8, 4) is 0 Å². The number of aromatic carboxylic acids is 1. The van der Waals surface area contributed by atoms with Gasteiger partial charge >= 0.3 is 11.7 Å². The van der Waals surface area contributed by atoms with E-state index in [1.54, 1.807) is 0 Å². The molecule has 0 amide bonds. The number of aliphatic hydroxyl groups excluding tert-OH is 2. The van der Waals surface area contributed by atoms with E-state index in [0.717, 1.165) is 10.8 Å². The number of nitrogens with zero attached hydrogens (tertiary/aromatic N) is 1. The van der Waals surface area contributed by atoms with Gasteiger partial charge in [0, 0.05) is 12.6 Å². The Hall–Kier alpha value is -1.97. The van der Waals surface area contributed by atoms with Gasteiger partial charge in [0.2, 0.25) is 0 Å². The number of aliphatic hydroxyl groups is 2. The minimum atomic E-state index is -1.48. The Morgan fingerprint density at radius 2 is 2.21 bits per heavy atom. The lowest BCUT2D eigenvalue weighted by atomic mass is 10.2. The Kier molecular flexibility index (Phi) is 3.51. The topological polar surface area (TPSA) is 142 Å². The number of nitrogens with one attached hydrogen (secondary N) is 1. The molecule has 1 aliphatic rings. The maximum atomic E-state index is 11.6. The van der Waals surface area contributed by atoms with Crippen LogP contribution in [0.2, 0.25) is 0 Å². The van der Waals surface area contributed by atoms with Gasteiger partial charge in [-0.1, -0.05) is 0 Å². The van der Waals surface area contributed by atoms with E-state index in [-0.39, 0.29) is 6.42 Å². The van der Waals surface area contributed by atoms with Crippen molar-refractivity contribution < 1.29 is 24.9 Å². The molecule has 19 heavy (non-hydrogen) atoms. The van der Waals surface area contributed by atoms with Gasteiger partial charge in [-0.2, -0.15) is 0 Å². The van der Waals surface area contributed by atoms with Crippen LogP contribution < -0.4 is 11.2 Å². The van der Waals surface area contributed by atoms with Crippen LogP contribution in [0.3, 0.4) is 0 Å². The number of ether oxygens (including phenoxy) is 1. The van der Waals surface area contributed by atoms with Crippen molar-refractivity contribution in [2.45, 2.75) is 24.9 Å². The Bertz CT molecular complexity index is 605. The van der Waals surface area contributed by atoms with Gasteiger partial charge in [-0.15, -0.1) is 0 Å². The number of rotatable bonds is 3. The molecule has 1 saturated heterocycles. The Labute approximate surface area is 105 Å². The molecule has 2 unspecified atom stereocenters. The van der Waals surface area contributed by atoms with Crippen LogP contribution in [-0.4, -0.2) is 49.7 Å². The highest BCUT2D eigenvalue weighted by Gasteiger charge is 2.35. The van der Waals surface area contributed by atoms with Gasteiger partial charge in [-0.25, -0.2) is 9.59 Å². The van der Waals surface area contributed by atoms with Gasteiger partial charge in [-0.3, -0.25) is 14.3 Å². The lowest BCUT2D eigenvalue weighted by molar-refractivity contribution is -0.0460. The third-order valence-corrected chi connectivity index (χ3v) is 2.89. The highest BCUT2D eigenvalue weighted by atomic mass is 16.5. The molecule has 0 spiro atoms. The van der Waals surface area contributed by atoms with E-state index in [0.29, 0.717) is 0 Å². The van der Waals surface area contributed by atoms with E-state index in [4.69, 9.17) is 14.9 Å². The number of aromatic nitrogens is 2. The van der Waals surface area contributed by atoms with Gasteiger partial charge < -0.3 is 20.1 Å². The lowest BCUT2D eigenvalue weighted by Crippen LogP contribution is -2.35. The summed E-state index contributed by atoms with van der Waals surface area (Å²) in [5.41, 5.74) is -2.46. The van der Waals surface area contributed by atoms with E-state index in [2.05, 4.69) is 0 Å². The SMILES string of the molecule is O=C(O)c1cn(C2CC(O)[C@@H](CO)O2)c(=O)[nH]c1=O. The van der Waals surface area contributed by atoms with E-state index >= 15 is 0 Å². The Balaban J connectivity index is 2.41. The van der Waals surface area contributed by atoms with Gasteiger partial charge in [0.15, 0.2) is 0 Å². The molecule has 0 bridgehead atoms. The molecule has 1 aromatic rings. The molecule has 0 aromatic carbocycles. The number of H-pyrrole nitrogens is 1. The normalized spacial score (nSPS) is 26.5. The number of aromatic amines is 1. The Morgan fingerprint density at radius 1 is 1.53 bits per heavy atom. The summed E-state index contributed by atoms with van der Waals surface area (Å²) in [6, 6.07) is 0. The van der Waals surface area contributed by atoms with Crippen LogP contribution in [0.1, 0.15) is 23.0 Å². The molecule has 1 aliphatic heterocycles. The highest BCUT2D eigenvalue weighted by molar-refractivity contribution is 5.86. The quantitative estimate of drug-likeness (QED) is 0.492. The summed E-state index contributed by atoms with van der Waals surface area (Å²) in [6.45, 7) is -0.429. The minimum absolute atomic E-state index is 0.0102.